The third kappa shape index (κ3) is 1.95. The van der Waals surface area contributed by atoms with Crippen LogP contribution in [-0.4, -0.2) is 58.0 Å². The molecule has 100 valence electrons. The highest BCUT2D eigenvalue weighted by molar-refractivity contribution is 6.63. The van der Waals surface area contributed by atoms with Crippen LogP contribution in [-0.2, 0) is 10.0 Å². The summed E-state index contributed by atoms with van der Waals surface area (Å²) in [6.07, 6.45) is 0. The molecule has 23 heavy (non-hydrogen) atoms. The van der Waals surface area contributed by atoms with E-state index in [1.54, 1.807) is 18.2 Å². The number of carbonyl (C=O) groups is 1. The number of rotatable bonds is 1. The number of carbonyl (C=O) groups excluding carboxylic acids is 1. The Hall–Kier alpha value is -1.09. The third-order valence-electron chi connectivity index (χ3n) is 4.66. The molecular weight excluding hydrogens is 300 g/mol. The van der Waals surface area contributed by atoms with Crippen molar-refractivity contribution in [3.63, 3.8) is 0 Å². The highest BCUT2D eigenvalue weighted by atomic mass is 35.5. The molecule has 0 bridgehead atoms. The van der Waals surface area contributed by atoms with Gasteiger partial charge in [0.1, 0.15) is 0 Å². The summed E-state index contributed by atoms with van der Waals surface area (Å²) < 4.78 is 0. The van der Waals surface area contributed by atoms with Crippen LogP contribution in [0.25, 0.3) is 10.9 Å². The molecule has 0 spiro atoms. The molecule has 1 atom stereocenters. The SMILES string of the molecule is [B]C1([B])c2c([nH]c3ccc(Cl)cc23)C(C(N)=O)C([B])([B])C1([B])[B]. The van der Waals surface area contributed by atoms with Gasteiger partial charge in [0.05, 0.1) is 53.0 Å². The average molecular weight is 308 g/mol. The predicted octanol–water partition coefficient (Wildman–Crippen LogP) is -0.200. The van der Waals surface area contributed by atoms with Gasteiger partial charge < -0.3 is 10.7 Å². The minimum atomic E-state index is -2.02. The molecule has 1 aromatic heterocycles. The van der Waals surface area contributed by atoms with E-state index in [0.717, 1.165) is 0 Å². The molecule has 1 aromatic carbocycles. The number of fused-ring (bicyclic) bond motifs is 3. The zero-order valence-corrected chi connectivity index (χ0v) is 12.9. The Morgan fingerprint density at radius 1 is 1.17 bits per heavy atom. The number of aromatic nitrogens is 1. The molecule has 0 fully saturated rings. The third-order valence-corrected chi connectivity index (χ3v) is 4.89. The molecule has 3 N–H and O–H groups in total. The fourth-order valence-corrected chi connectivity index (χ4v) is 3.44. The number of halogens is 1. The lowest BCUT2D eigenvalue weighted by Gasteiger charge is -2.61. The first-order valence-corrected chi connectivity index (χ1v) is 7.15. The fraction of sp³-hybridized carbons (Fsp3) is 0.308. The van der Waals surface area contributed by atoms with Crippen LogP contribution in [0.4, 0.5) is 0 Å². The molecule has 0 aliphatic heterocycles. The summed E-state index contributed by atoms with van der Waals surface area (Å²) in [5.74, 6) is -2.01. The highest BCUT2D eigenvalue weighted by Gasteiger charge is 2.57. The molecule has 1 heterocycles. The van der Waals surface area contributed by atoms with Crippen LogP contribution in [0, 0.1) is 0 Å². The van der Waals surface area contributed by atoms with Crippen LogP contribution in [0.15, 0.2) is 18.2 Å². The quantitative estimate of drug-likeness (QED) is 0.704. The Balaban J connectivity index is 2.48. The largest absolute Gasteiger partial charge is 0.369 e. The van der Waals surface area contributed by atoms with Crippen molar-refractivity contribution in [2.45, 2.75) is 21.6 Å². The summed E-state index contributed by atoms with van der Waals surface area (Å²) in [7, 11) is 36.7. The van der Waals surface area contributed by atoms with Crippen LogP contribution >= 0.6 is 11.6 Å². The Kier molecular flexibility index (Phi) is 3.44. The van der Waals surface area contributed by atoms with Gasteiger partial charge in [0.25, 0.3) is 0 Å². The first kappa shape index (κ1) is 16.8. The number of amides is 1. The maximum Gasteiger partial charge on any atom is 0.225 e. The highest BCUT2D eigenvalue weighted by Crippen LogP contribution is 2.65. The van der Waals surface area contributed by atoms with Gasteiger partial charge in [-0.05, 0) is 23.8 Å². The molecule has 0 saturated carbocycles. The van der Waals surface area contributed by atoms with Crippen molar-refractivity contribution in [2.75, 3.05) is 0 Å². The lowest BCUT2D eigenvalue weighted by Crippen LogP contribution is -2.58. The molecule has 2 aromatic rings. The number of aromatic amines is 1. The summed E-state index contributed by atoms with van der Waals surface area (Å²) in [5.41, 5.74) is 6.71. The number of benzene rings is 1. The number of hydrogen-bond acceptors (Lipinski definition) is 1. The number of H-pyrrole nitrogens is 1. The second kappa shape index (κ2) is 4.72. The summed E-state index contributed by atoms with van der Waals surface area (Å²) in [5, 5.41) is -4.81. The molecule has 1 amide bonds. The molecule has 10 heteroatoms. The van der Waals surface area contributed by atoms with Gasteiger partial charge in [0.15, 0.2) is 0 Å². The van der Waals surface area contributed by atoms with E-state index in [1.165, 1.54) is 0 Å². The molecule has 3 nitrogen and oxygen atoms in total. The van der Waals surface area contributed by atoms with Gasteiger partial charge in [0.2, 0.25) is 5.91 Å². The van der Waals surface area contributed by atoms with E-state index in [4.69, 9.17) is 64.4 Å². The van der Waals surface area contributed by atoms with Crippen molar-refractivity contribution in [2.24, 2.45) is 5.73 Å². The predicted molar refractivity (Wildman–Crippen MR) is 96.8 cm³/mol. The smallest absolute Gasteiger partial charge is 0.225 e. The van der Waals surface area contributed by atoms with Crippen molar-refractivity contribution in [3.8, 4) is 0 Å². The summed E-state index contributed by atoms with van der Waals surface area (Å²) in [6.45, 7) is 0. The van der Waals surface area contributed by atoms with E-state index in [-0.39, 0.29) is 5.69 Å². The maximum atomic E-state index is 12.0. The summed E-state index contributed by atoms with van der Waals surface area (Å²) >= 11 is 6.04. The van der Waals surface area contributed by atoms with Gasteiger partial charge in [-0.1, -0.05) is 22.0 Å². The van der Waals surface area contributed by atoms with Gasteiger partial charge in [-0.2, -0.15) is 0 Å². The standard InChI is InChI=1S/C13H7B6ClN2O/c14-11(15)7-5-3-4(20)1-2-6(5)22-9(7)8(10(21)23)12(16,17)13(11,18)19/h1-3,8,22H,(H2,21,23). The second-order valence-corrected chi connectivity index (χ2v) is 6.55. The molecule has 1 aliphatic carbocycles. The Labute approximate surface area is 147 Å². The number of nitrogens with one attached hydrogen (secondary N) is 1. The van der Waals surface area contributed by atoms with Crippen LogP contribution in [0.5, 0.6) is 0 Å². The van der Waals surface area contributed by atoms with Crippen molar-refractivity contribution >= 4 is 75.5 Å². The first-order valence-electron chi connectivity index (χ1n) is 6.77. The fourth-order valence-electron chi connectivity index (χ4n) is 3.27. The lowest BCUT2D eigenvalue weighted by molar-refractivity contribution is -0.120. The van der Waals surface area contributed by atoms with Crippen molar-refractivity contribution in [1.29, 1.82) is 0 Å². The number of nitrogens with two attached hydrogens (primary N) is 1. The van der Waals surface area contributed by atoms with Crippen molar-refractivity contribution in [1.82, 2.24) is 4.98 Å². The van der Waals surface area contributed by atoms with E-state index in [1.807, 2.05) is 0 Å². The van der Waals surface area contributed by atoms with E-state index in [9.17, 15) is 4.79 Å². The van der Waals surface area contributed by atoms with Gasteiger partial charge in [-0.3, -0.25) is 4.79 Å². The minimum Gasteiger partial charge on any atom is -0.369 e. The monoisotopic (exact) mass is 308 g/mol. The Bertz CT molecular complexity index is 831. The van der Waals surface area contributed by atoms with Gasteiger partial charge in [-0.25, -0.2) is 0 Å². The zero-order valence-electron chi connectivity index (χ0n) is 12.1. The summed E-state index contributed by atoms with van der Waals surface area (Å²) in [6, 6.07) is 5.00. The summed E-state index contributed by atoms with van der Waals surface area (Å²) in [4.78, 5) is 15.0. The Morgan fingerprint density at radius 2 is 1.78 bits per heavy atom. The van der Waals surface area contributed by atoms with E-state index in [2.05, 4.69) is 4.98 Å². The Morgan fingerprint density at radius 3 is 2.35 bits per heavy atom. The molecule has 3 rings (SSSR count). The number of primary amides is 1. The van der Waals surface area contributed by atoms with E-state index in [0.29, 0.717) is 21.5 Å². The van der Waals surface area contributed by atoms with Gasteiger partial charge in [-0.15, -0.1) is 5.21 Å². The minimum absolute atomic E-state index is 0.288. The average Bonchev–Trinajstić information content (AvgIpc) is 2.74. The van der Waals surface area contributed by atoms with Crippen molar-refractivity contribution < 1.29 is 4.79 Å². The molecule has 12 radical (unpaired) electrons. The van der Waals surface area contributed by atoms with Crippen LogP contribution in [0.2, 0.25) is 15.5 Å². The normalized spacial score (nSPS) is 24.1. The van der Waals surface area contributed by atoms with Crippen LogP contribution in [0.1, 0.15) is 17.2 Å². The maximum absolute atomic E-state index is 12.0. The van der Waals surface area contributed by atoms with E-state index >= 15 is 0 Å². The van der Waals surface area contributed by atoms with Crippen LogP contribution in [0.3, 0.4) is 0 Å². The van der Waals surface area contributed by atoms with E-state index < -0.39 is 27.5 Å². The first-order chi connectivity index (χ1) is 10.4. The van der Waals surface area contributed by atoms with Gasteiger partial charge in [0, 0.05) is 21.6 Å². The number of hydrogen-bond donors (Lipinski definition) is 2. The van der Waals surface area contributed by atoms with Gasteiger partial charge >= 0.3 is 0 Å². The molecule has 1 unspecified atom stereocenters. The second-order valence-electron chi connectivity index (χ2n) is 6.11. The molecule has 1 aliphatic rings. The van der Waals surface area contributed by atoms with Crippen LogP contribution < -0.4 is 5.73 Å². The van der Waals surface area contributed by atoms with Crippen molar-refractivity contribution in [3.05, 3.63) is 34.5 Å². The topological polar surface area (TPSA) is 58.9 Å². The zero-order chi connectivity index (χ0) is 17.4. The molecule has 0 saturated heterocycles. The lowest BCUT2D eigenvalue weighted by atomic mass is 9.13. The molecular formula is C13H7B6ClN2O.